The van der Waals surface area contributed by atoms with Crippen LogP contribution >= 0.6 is 11.8 Å². The van der Waals surface area contributed by atoms with Crippen molar-refractivity contribution in [2.75, 3.05) is 25.4 Å². The Hall–Kier alpha value is -4.97. The highest BCUT2D eigenvalue weighted by Gasteiger charge is 2.33. The Morgan fingerprint density at radius 2 is 1.68 bits per heavy atom. The molecule has 0 spiro atoms. The third-order valence-corrected chi connectivity index (χ3v) is 8.19. The van der Waals surface area contributed by atoms with Crippen LogP contribution in [0.3, 0.4) is 0 Å². The van der Waals surface area contributed by atoms with E-state index in [0.29, 0.717) is 23.2 Å². The summed E-state index contributed by atoms with van der Waals surface area (Å²) in [5.74, 6) is 1.48. The van der Waals surface area contributed by atoms with E-state index in [1.54, 1.807) is 20.8 Å². The summed E-state index contributed by atoms with van der Waals surface area (Å²) in [4.78, 5) is 26.7. The Balaban J connectivity index is 0.000000167. The minimum absolute atomic E-state index is 0.0110. The fourth-order valence-electron chi connectivity index (χ4n) is 5.05. The Morgan fingerprint density at radius 3 is 2.43 bits per heavy atom. The summed E-state index contributed by atoms with van der Waals surface area (Å²) in [5.41, 5.74) is 3.03. The summed E-state index contributed by atoms with van der Waals surface area (Å²) in [6, 6.07) is 26.9. The molecule has 224 valence electrons. The number of hydrogen-bond donors (Lipinski definition) is 0. The first-order valence-electron chi connectivity index (χ1n) is 14.3. The van der Waals surface area contributed by atoms with E-state index in [2.05, 4.69) is 27.2 Å². The molecule has 11 nitrogen and oxygen atoms in total. The molecule has 2 amide bonds. The number of carbonyl (C=O) groups is 2. The predicted molar refractivity (Wildman–Crippen MR) is 166 cm³/mol. The Bertz CT molecular complexity index is 1650. The molecule has 0 bridgehead atoms. The highest BCUT2D eigenvalue weighted by molar-refractivity contribution is 7.99. The van der Waals surface area contributed by atoms with Gasteiger partial charge in [0.05, 0.1) is 17.5 Å². The van der Waals surface area contributed by atoms with Crippen molar-refractivity contribution in [2.45, 2.75) is 30.1 Å². The number of amides is 2. The predicted octanol–water partition coefficient (Wildman–Crippen LogP) is 4.33. The van der Waals surface area contributed by atoms with Crippen LogP contribution in [0.15, 0.2) is 107 Å². The zero-order valence-corrected chi connectivity index (χ0v) is 24.8. The average molecular weight is 610 g/mol. The van der Waals surface area contributed by atoms with E-state index in [9.17, 15) is 9.59 Å². The number of rotatable bonds is 6. The van der Waals surface area contributed by atoms with E-state index in [1.807, 2.05) is 84.9 Å². The van der Waals surface area contributed by atoms with Crippen LogP contribution in [0.2, 0.25) is 0 Å². The molecule has 3 aliphatic heterocycles. The van der Waals surface area contributed by atoms with Crippen molar-refractivity contribution in [3.05, 3.63) is 103 Å². The second-order valence-electron chi connectivity index (χ2n) is 10.3. The molecule has 2 unspecified atom stereocenters. The monoisotopic (exact) mass is 609 g/mol. The van der Waals surface area contributed by atoms with Crippen molar-refractivity contribution in [1.82, 2.24) is 30.1 Å². The number of fused-ring (bicyclic) bond motifs is 1. The van der Waals surface area contributed by atoms with Crippen molar-refractivity contribution in [3.63, 3.8) is 0 Å². The molecule has 3 aromatic carbocycles. The van der Waals surface area contributed by atoms with Crippen LogP contribution in [0.5, 0.6) is 11.5 Å². The number of hydrogen-bond acceptors (Lipinski definition) is 9. The van der Waals surface area contributed by atoms with E-state index >= 15 is 0 Å². The standard InChI is InChI=1S/C18H16N6OS.C14H15NO3/c25-17(24-16(11-12-19-24)14-7-3-1-4-8-14)13-26-18-20-21-22-23(18)15-9-5-2-6-10-15;1-10-6-7-15(8-10)14(16)13-9-17-11-4-2-3-5-12(11)18-13/h1-10,12,16H,11,13H2;2-5,13H,1,6-9H2. The van der Waals surface area contributed by atoms with Crippen molar-refractivity contribution >= 4 is 29.8 Å². The molecule has 0 radical (unpaired) electrons. The number of carbonyl (C=O) groups excluding carboxylic acids is 2. The van der Waals surface area contributed by atoms with Crippen LogP contribution in [0.4, 0.5) is 0 Å². The van der Waals surface area contributed by atoms with E-state index in [0.717, 1.165) is 36.2 Å². The molecule has 7 rings (SSSR count). The molecule has 4 heterocycles. The largest absolute Gasteiger partial charge is 0.485 e. The first-order chi connectivity index (χ1) is 21.6. The molecule has 4 aromatic rings. The molecular weight excluding hydrogens is 578 g/mol. The van der Waals surface area contributed by atoms with Gasteiger partial charge in [-0.05, 0) is 46.7 Å². The maximum Gasteiger partial charge on any atom is 0.267 e. The summed E-state index contributed by atoms with van der Waals surface area (Å²) in [6.45, 7) is 5.55. The van der Waals surface area contributed by atoms with Gasteiger partial charge in [0, 0.05) is 25.7 Å². The number of aromatic nitrogens is 4. The normalized spacial score (nSPS) is 18.6. The Labute approximate surface area is 259 Å². The van der Waals surface area contributed by atoms with E-state index < -0.39 is 6.10 Å². The fraction of sp³-hybridized carbons (Fsp3) is 0.250. The maximum absolute atomic E-state index is 12.7. The molecule has 0 N–H and O–H groups in total. The second kappa shape index (κ2) is 13.6. The zero-order valence-electron chi connectivity index (χ0n) is 23.9. The number of benzene rings is 3. The first kappa shape index (κ1) is 29.1. The van der Waals surface area contributed by atoms with Gasteiger partial charge in [-0.15, -0.1) is 5.10 Å². The van der Waals surface area contributed by atoms with Gasteiger partial charge in [-0.25, -0.2) is 5.01 Å². The van der Waals surface area contributed by atoms with Crippen molar-refractivity contribution < 1.29 is 19.1 Å². The Kier molecular flexibility index (Phi) is 8.97. The first-order valence-corrected chi connectivity index (χ1v) is 15.3. The van der Waals surface area contributed by atoms with E-state index in [1.165, 1.54) is 11.8 Å². The third-order valence-electron chi connectivity index (χ3n) is 7.28. The molecule has 1 saturated heterocycles. The number of para-hydroxylation sites is 3. The molecule has 2 atom stereocenters. The fourth-order valence-corrected chi connectivity index (χ4v) is 5.80. The number of hydrazone groups is 1. The average Bonchev–Trinajstić information content (AvgIpc) is 3.86. The van der Waals surface area contributed by atoms with Crippen LogP contribution in [-0.2, 0) is 9.59 Å². The molecule has 44 heavy (non-hydrogen) atoms. The summed E-state index contributed by atoms with van der Waals surface area (Å²) in [5, 5.41) is 18.1. The van der Waals surface area contributed by atoms with Crippen LogP contribution < -0.4 is 9.47 Å². The summed E-state index contributed by atoms with van der Waals surface area (Å²) in [6.07, 6.45) is 2.86. The SMILES string of the molecule is C=C1CCN(C(=O)C2COc3ccccc3O2)C1.O=C(CSc1nnnn1-c1ccccc1)N1N=CCC1c1ccccc1. The summed E-state index contributed by atoms with van der Waals surface area (Å²) < 4.78 is 12.9. The van der Waals surface area contributed by atoms with Gasteiger partial charge < -0.3 is 14.4 Å². The molecule has 1 fully saturated rings. The zero-order chi connectivity index (χ0) is 30.3. The molecule has 0 saturated carbocycles. The molecule has 0 aliphatic carbocycles. The lowest BCUT2D eigenvalue weighted by Gasteiger charge is -2.28. The quantitative estimate of drug-likeness (QED) is 0.235. The number of likely N-dealkylation sites (tertiary alicyclic amines) is 1. The Morgan fingerprint density at radius 1 is 0.955 bits per heavy atom. The molecular formula is C32H31N7O4S. The lowest BCUT2D eigenvalue weighted by atomic mass is 10.0. The van der Waals surface area contributed by atoms with Crippen LogP contribution in [0, 0.1) is 0 Å². The van der Waals surface area contributed by atoms with Gasteiger partial charge in [-0.2, -0.15) is 9.78 Å². The van der Waals surface area contributed by atoms with Gasteiger partial charge in [0.25, 0.3) is 11.8 Å². The van der Waals surface area contributed by atoms with Gasteiger partial charge in [0.1, 0.15) is 6.61 Å². The lowest BCUT2D eigenvalue weighted by Crippen LogP contribution is -2.45. The molecule has 3 aliphatic rings. The minimum Gasteiger partial charge on any atom is -0.485 e. The van der Waals surface area contributed by atoms with Gasteiger partial charge in [0.2, 0.25) is 11.3 Å². The maximum atomic E-state index is 12.7. The number of ether oxygens (including phenoxy) is 2. The summed E-state index contributed by atoms with van der Waals surface area (Å²) in [7, 11) is 0. The molecule has 12 heteroatoms. The van der Waals surface area contributed by atoms with Crippen LogP contribution in [0.1, 0.15) is 24.4 Å². The van der Waals surface area contributed by atoms with E-state index in [-0.39, 0.29) is 30.2 Å². The highest BCUT2D eigenvalue weighted by atomic mass is 32.2. The topological polar surface area (TPSA) is 115 Å². The van der Waals surface area contributed by atoms with Crippen LogP contribution in [0.25, 0.3) is 5.69 Å². The van der Waals surface area contributed by atoms with Crippen molar-refractivity contribution in [2.24, 2.45) is 5.10 Å². The van der Waals surface area contributed by atoms with Crippen LogP contribution in [-0.4, -0.2) is 79.7 Å². The lowest BCUT2D eigenvalue weighted by molar-refractivity contribution is -0.139. The number of thioether (sulfide) groups is 1. The third kappa shape index (κ3) is 6.65. The smallest absolute Gasteiger partial charge is 0.267 e. The van der Waals surface area contributed by atoms with Gasteiger partial charge in [-0.1, -0.05) is 84.6 Å². The van der Waals surface area contributed by atoms with Gasteiger partial charge in [-0.3, -0.25) is 9.59 Å². The van der Waals surface area contributed by atoms with Gasteiger partial charge in [0.15, 0.2) is 11.5 Å². The second-order valence-corrected chi connectivity index (χ2v) is 11.3. The van der Waals surface area contributed by atoms with Crippen molar-refractivity contribution in [1.29, 1.82) is 0 Å². The number of nitrogens with zero attached hydrogens (tertiary/aromatic N) is 7. The highest BCUT2D eigenvalue weighted by Crippen LogP contribution is 2.32. The minimum atomic E-state index is -0.536. The summed E-state index contributed by atoms with van der Waals surface area (Å²) >= 11 is 1.30. The van der Waals surface area contributed by atoms with Gasteiger partial charge >= 0.3 is 0 Å². The van der Waals surface area contributed by atoms with E-state index in [4.69, 9.17) is 9.47 Å². The van der Waals surface area contributed by atoms with Crippen molar-refractivity contribution in [3.8, 4) is 17.2 Å². The number of tetrazole rings is 1. The molecule has 1 aromatic heterocycles.